The Hall–Kier alpha value is -4.69. The summed E-state index contributed by atoms with van der Waals surface area (Å²) >= 11 is 6.69. The highest BCUT2D eigenvalue weighted by molar-refractivity contribution is 6.35. The minimum absolute atomic E-state index is 0.0869. The molecule has 0 spiro atoms. The number of anilines is 2. The van der Waals surface area contributed by atoms with Gasteiger partial charge in [-0.15, -0.1) is 5.10 Å². The van der Waals surface area contributed by atoms with Crippen molar-refractivity contribution in [3.63, 3.8) is 0 Å². The van der Waals surface area contributed by atoms with Gasteiger partial charge < -0.3 is 10.6 Å². The van der Waals surface area contributed by atoms with E-state index >= 15 is 0 Å². The van der Waals surface area contributed by atoms with Crippen molar-refractivity contribution in [1.29, 1.82) is 5.26 Å². The van der Waals surface area contributed by atoms with E-state index in [-0.39, 0.29) is 11.7 Å². The van der Waals surface area contributed by atoms with Crippen molar-refractivity contribution in [1.82, 2.24) is 25.0 Å². The van der Waals surface area contributed by atoms with Crippen LogP contribution in [0.4, 0.5) is 24.5 Å². The molecule has 2 N–H and O–H groups in total. The molecule has 41 heavy (non-hydrogen) atoms. The lowest BCUT2D eigenvalue weighted by Crippen LogP contribution is -2.18. The number of nitrogens with zero attached hydrogens (tertiary/aromatic N) is 6. The van der Waals surface area contributed by atoms with Gasteiger partial charge in [0.2, 0.25) is 0 Å². The van der Waals surface area contributed by atoms with E-state index in [0.29, 0.717) is 38.4 Å². The van der Waals surface area contributed by atoms with Crippen molar-refractivity contribution in [2.75, 3.05) is 10.6 Å². The van der Waals surface area contributed by atoms with Gasteiger partial charge in [-0.3, -0.25) is 9.97 Å². The molecule has 2 atom stereocenters. The number of aromatic nitrogens is 5. The number of rotatable bonds is 9. The van der Waals surface area contributed by atoms with Gasteiger partial charge in [0.1, 0.15) is 18.3 Å². The molecule has 0 saturated heterocycles. The van der Waals surface area contributed by atoms with Crippen LogP contribution >= 0.6 is 11.6 Å². The summed E-state index contributed by atoms with van der Waals surface area (Å²) in [6.45, 7) is 0.781. The number of halogens is 4. The van der Waals surface area contributed by atoms with Gasteiger partial charge >= 0.3 is 6.18 Å². The van der Waals surface area contributed by atoms with Crippen molar-refractivity contribution < 1.29 is 13.2 Å². The van der Waals surface area contributed by atoms with Crippen LogP contribution in [0.1, 0.15) is 47.8 Å². The molecule has 3 heterocycles. The lowest BCUT2D eigenvalue weighted by Gasteiger charge is -2.22. The Bertz CT molecular complexity index is 1680. The van der Waals surface area contributed by atoms with Crippen LogP contribution in [0.3, 0.4) is 0 Å². The molecule has 0 fully saturated rings. The molecule has 0 saturated carbocycles. The zero-order valence-electron chi connectivity index (χ0n) is 21.8. The third kappa shape index (κ3) is 6.39. The highest BCUT2D eigenvalue weighted by Gasteiger charge is 2.29. The molecule has 3 aromatic heterocycles. The quantitative estimate of drug-likeness (QED) is 0.193. The molecule has 2 aromatic carbocycles. The molecule has 0 bridgehead atoms. The molecule has 0 radical (unpaired) electrons. The van der Waals surface area contributed by atoms with E-state index in [4.69, 9.17) is 11.6 Å². The lowest BCUT2D eigenvalue weighted by atomic mass is 10.0. The Balaban J connectivity index is 1.57. The van der Waals surface area contributed by atoms with Gasteiger partial charge in [0.05, 0.1) is 40.1 Å². The summed E-state index contributed by atoms with van der Waals surface area (Å²) in [6, 6.07) is 18.3. The first-order valence-electron chi connectivity index (χ1n) is 12.7. The number of benzene rings is 2. The third-order valence-electron chi connectivity index (χ3n) is 6.50. The fraction of sp³-hybridized carbons (Fsp3) is 0.207. The summed E-state index contributed by atoms with van der Waals surface area (Å²) in [5.74, 6) is 0. The van der Waals surface area contributed by atoms with E-state index in [1.54, 1.807) is 36.7 Å². The predicted octanol–water partition coefficient (Wildman–Crippen LogP) is 7.07. The normalized spacial score (nSPS) is 13.0. The molecular formula is C29H24ClF3N8. The smallest absolute Gasteiger partial charge is 0.377 e. The van der Waals surface area contributed by atoms with Gasteiger partial charge in [-0.2, -0.15) is 18.4 Å². The average molecular weight is 577 g/mol. The van der Waals surface area contributed by atoms with Crippen LogP contribution in [0, 0.1) is 11.3 Å². The summed E-state index contributed by atoms with van der Waals surface area (Å²) in [7, 11) is 0. The maximum Gasteiger partial charge on any atom is 0.408 e. The van der Waals surface area contributed by atoms with E-state index in [1.165, 1.54) is 12.4 Å². The SMILES string of the molecule is CC[C@@H](Nc1c(C#N)cnc2c(Cl)cc(NC(c3cccnc3)c3cn(CC(F)(F)F)nn3)cc12)c1ccccc1. The van der Waals surface area contributed by atoms with Gasteiger partial charge in [-0.1, -0.05) is 60.1 Å². The highest BCUT2D eigenvalue weighted by atomic mass is 35.5. The first-order chi connectivity index (χ1) is 19.8. The fourth-order valence-electron chi connectivity index (χ4n) is 4.61. The van der Waals surface area contributed by atoms with Gasteiger partial charge in [0.15, 0.2) is 0 Å². The van der Waals surface area contributed by atoms with Gasteiger partial charge in [-0.05, 0) is 35.7 Å². The summed E-state index contributed by atoms with van der Waals surface area (Å²) in [6.07, 6.45) is 2.22. The van der Waals surface area contributed by atoms with E-state index in [2.05, 4.69) is 37.0 Å². The van der Waals surface area contributed by atoms with E-state index in [9.17, 15) is 18.4 Å². The van der Waals surface area contributed by atoms with Gasteiger partial charge in [0.25, 0.3) is 0 Å². The number of hydrogen-bond acceptors (Lipinski definition) is 7. The van der Waals surface area contributed by atoms with Crippen molar-refractivity contribution in [2.24, 2.45) is 0 Å². The second-order valence-electron chi connectivity index (χ2n) is 9.35. The fourth-order valence-corrected chi connectivity index (χ4v) is 4.88. The van der Waals surface area contributed by atoms with Crippen molar-refractivity contribution >= 4 is 33.9 Å². The standard InChI is InChI=1S/C29H24ClF3N8/c1-2-24(18-7-4-3-5-8-18)38-26-20(13-34)15-36-28-22(26)11-21(12-23(28)30)37-27(19-9-6-10-35-14-19)25-16-41(40-39-25)17-29(31,32)33/h3-12,14-16,24,27,37H,2,17H2,1H3,(H,36,38)/t24-,27?/m1/s1. The molecule has 12 heteroatoms. The zero-order valence-corrected chi connectivity index (χ0v) is 22.5. The van der Waals surface area contributed by atoms with Crippen LogP contribution in [0.2, 0.25) is 5.02 Å². The zero-order chi connectivity index (χ0) is 29.0. The molecule has 0 aliphatic rings. The summed E-state index contributed by atoms with van der Waals surface area (Å²) in [5, 5.41) is 25.4. The van der Waals surface area contributed by atoms with E-state index in [0.717, 1.165) is 16.7 Å². The lowest BCUT2D eigenvalue weighted by molar-refractivity contribution is -0.142. The largest absolute Gasteiger partial charge is 0.408 e. The predicted molar refractivity (Wildman–Crippen MR) is 150 cm³/mol. The number of pyridine rings is 2. The number of fused-ring (bicyclic) bond motifs is 1. The number of nitrogens with one attached hydrogen (secondary N) is 2. The van der Waals surface area contributed by atoms with E-state index < -0.39 is 18.8 Å². The van der Waals surface area contributed by atoms with Gasteiger partial charge in [0, 0.05) is 29.7 Å². The Morgan fingerprint density at radius 2 is 1.83 bits per heavy atom. The molecule has 1 unspecified atom stereocenters. The van der Waals surface area contributed by atoms with Crippen LogP contribution in [0.15, 0.2) is 79.4 Å². The third-order valence-corrected chi connectivity index (χ3v) is 6.78. The number of alkyl halides is 3. The molecule has 8 nitrogen and oxygen atoms in total. The molecule has 0 aliphatic carbocycles. The topological polar surface area (TPSA) is 104 Å². The van der Waals surface area contributed by atoms with Crippen molar-refractivity contribution in [3.05, 3.63) is 107 Å². The van der Waals surface area contributed by atoms with Crippen LogP contribution in [-0.4, -0.2) is 31.1 Å². The second kappa shape index (κ2) is 11.8. The van der Waals surface area contributed by atoms with E-state index in [1.807, 2.05) is 37.3 Å². The maximum atomic E-state index is 13.0. The second-order valence-corrected chi connectivity index (χ2v) is 9.76. The Morgan fingerprint density at radius 3 is 2.51 bits per heavy atom. The molecule has 208 valence electrons. The highest BCUT2D eigenvalue weighted by Crippen LogP contribution is 2.37. The minimum atomic E-state index is -4.45. The summed E-state index contributed by atoms with van der Waals surface area (Å²) < 4.78 is 39.7. The number of nitriles is 1. The van der Waals surface area contributed by atoms with Crippen LogP contribution < -0.4 is 10.6 Å². The first-order valence-corrected chi connectivity index (χ1v) is 13.1. The Kier molecular flexibility index (Phi) is 8.03. The molecule has 5 aromatic rings. The maximum absolute atomic E-state index is 13.0. The Labute approximate surface area is 238 Å². The Morgan fingerprint density at radius 1 is 1.05 bits per heavy atom. The molecule has 5 rings (SSSR count). The van der Waals surface area contributed by atoms with Gasteiger partial charge in [-0.25, -0.2) is 4.68 Å². The number of hydrogen-bond donors (Lipinski definition) is 2. The van der Waals surface area contributed by atoms with Crippen molar-refractivity contribution in [3.8, 4) is 6.07 Å². The molecule has 0 amide bonds. The summed E-state index contributed by atoms with van der Waals surface area (Å²) in [4.78, 5) is 8.58. The average Bonchev–Trinajstić information content (AvgIpc) is 3.42. The van der Waals surface area contributed by atoms with Crippen molar-refractivity contribution in [2.45, 2.75) is 38.1 Å². The summed E-state index contributed by atoms with van der Waals surface area (Å²) in [5.41, 5.74) is 3.93. The monoisotopic (exact) mass is 576 g/mol. The van der Waals surface area contributed by atoms with Crippen LogP contribution in [-0.2, 0) is 6.54 Å². The first kappa shape index (κ1) is 27.9. The van der Waals surface area contributed by atoms with Crippen LogP contribution in [0.25, 0.3) is 10.9 Å². The minimum Gasteiger partial charge on any atom is -0.377 e. The van der Waals surface area contributed by atoms with Crippen LogP contribution in [0.5, 0.6) is 0 Å². The molecular weight excluding hydrogens is 553 g/mol. The molecule has 0 aliphatic heterocycles.